The van der Waals surface area contributed by atoms with Crippen LogP contribution in [-0.4, -0.2) is 29.9 Å². The monoisotopic (exact) mass is 238 g/mol. The van der Waals surface area contributed by atoms with Crippen LogP contribution < -0.4 is 5.73 Å². The first kappa shape index (κ1) is 12.9. The van der Waals surface area contributed by atoms with Crippen molar-refractivity contribution in [1.29, 1.82) is 0 Å². The van der Waals surface area contributed by atoms with Crippen molar-refractivity contribution in [3.05, 3.63) is 0 Å². The molecule has 1 saturated heterocycles. The van der Waals surface area contributed by atoms with Crippen molar-refractivity contribution in [1.82, 2.24) is 4.90 Å². The highest BCUT2D eigenvalue weighted by atomic mass is 16.2. The number of rotatable bonds is 4. The van der Waals surface area contributed by atoms with Gasteiger partial charge in [-0.15, -0.1) is 0 Å². The van der Waals surface area contributed by atoms with E-state index in [4.69, 9.17) is 5.73 Å². The van der Waals surface area contributed by atoms with Crippen LogP contribution in [0.1, 0.15) is 51.9 Å². The summed E-state index contributed by atoms with van der Waals surface area (Å²) in [6.07, 6.45) is 8.50. The van der Waals surface area contributed by atoms with Gasteiger partial charge in [0, 0.05) is 19.0 Å². The number of likely N-dealkylation sites (tertiary alicyclic amines) is 1. The third-order valence-corrected chi connectivity index (χ3v) is 4.58. The van der Waals surface area contributed by atoms with E-state index in [0.29, 0.717) is 30.8 Å². The standard InChI is InChI=1S/C14H26N2O/c1-2-13(12-6-4-3-5-7-12)16-10-11(9-15)8-14(16)17/h11-13H,2-10,15H2,1H3. The Bertz CT molecular complexity index is 261. The number of carbonyl (C=O) groups excluding carboxylic acids is 1. The minimum absolute atomic E-state index is 0.345. The summed E-state index contributed by atoms with van der Waals surface area (Å²) in [5, 5.41) is 0. The smallest absolute Gasteiger partial charge is 0.223 e. The normalized spacial score (nSPS) is 28.7. The van der Waals surface area contributed by atoms with Crippen molar-refractivity contribution in [2.75, 3.05) is 13.1 Å². The maximum Gasteiger partial charge on any atom is 0.223 e. The lowest BCUT2D eigenvalue weighted by Gasteiger charge is -2.36. The molecule has 0 bridgehead atoms. The Morgan fingerprint density at radius 2 is 2.06 bits per heavy atom. The van der Waals surface area contributed by atoms with Gasteiger partial charge in [0.15, 0.2) is 0 Å². The summed E-state index contributed by atoms with van der Waals surface area (Å²) in [6.45, 7) is 3.79. The molecule has 0 spiro atoms. The second-order valence-corrected chi connectivity index (χ2v) is 5.73. The molecule has 3 heteroatoms. The number of hydrogen-bond acceptors (Lipinski definition) is 2. The molecule has 1 heterocycles. The molecular weight excluding hydrogens is 212 g/mol. The third-order valence-electron chi connectivity index (χ3n) is 4.58. The van der Waals surface area contributed by atoms with Gasteiger partial charge in [0.2, 0.25) is 5.91 Å². The summed E-state index contributed by atoms with van der Waals surface area (Å²) in [5.41, 5.74) is 5.70. The van der Waals surface area contributed by atoms with Gasteiger partial charge in [0.1, 0.15) is 0 Å². The molecule has 1 saturated carbocycles. The van der Waals surface area contributed by atoms with Gasteiger partial charge in [-0.3, -0.25) is 4.79 Å². The van der Waals surface area contributed by atoms with Crippen LogP contribution in [0.5, 0.6) is 0 Å². The van der Waals surface area contributed by atoms with Crippen LogP contribution in [0, 0.1) is 11.8 Å². The average molecular weight is 238 g/mol. The summed E-state index contributed by atoms with van der Waals surface area (Å²) < 4.78 is 0. The highest BCUT2D eigenvalue weighted by Crippen LogP contribution is 2.33. The van der Waals surface area contributed by atoms with Crippen LogP contribution >= 0.6 is 0 Å². The zero-order chi connectivity index (χ0) is 12.3. The Kier molecular flexibility index (Phi) is 4.43. The fourth-order valence-electron chi connectivity index (χ4n) is 3.61. The number of nitrogens with two attached hydrogens (primary N) is 1. The van der Waals surface area contributed by atoms with E-state index < -0.39 is 0 Å². The van der Waals surface area contributed by atoms with Gasteiger partial charge >= 0.3 is 0 Å². The largest absolute Gasteiger partial charge is 0.339 e. The maximum absolute atomic E-state index is 12.1. The van der Waals surface area contributed by atoms with Gasteiger partial charge in [-0.1, -0.05) is 26.2 Å². The molecule has 2 atom stereocenters. The van der Waals surface area contributed by atoms with Gasteiger partial charge in [-0.05, 0) is 37.6 Å². The minimum Gasteiger partial charge on any atom is -0.339 e. The first-order valence-electron chi connectivity index (χ1n) is 7.25. The average Bonchev–Trinajstić information content (AvgIpc) is 2.73. The third kappa shape index (κ3) is 2.82. The van der Waals surface area contributed by atoms with E-state index in [1.807, 2.05) is 0 Å². The SMILES string of the molecule is CCC(C1CCCCC1)N1CC(CN)CC1=O. The predicted octanol–water partition coefficient (Wildman–Crippen LogP) is 2.15. The number of hydrogen-bond donors (Lipinski definition) is 1. The maximum atomic E-state index is 12.1. The van der Waals surface area contributed by atoms with Crippen LogP contribution in [0.25, 0.3) is 0 Å². The molecule has 2 rings (SSSR count). The van der Waals surface area contributed by atoms with Gasteiger partial charge in [-0.25, -0.2) is 0 Å². The minimum atomic E-state index is 0.345. The fraction of sp³-hybridized carbons (Fsp3) is 0.929. The molecule has 98 valence electrons. The summed E-state index contributed by atoms with van der Waals surface area (Å²) in [6, 6.07) is 0.486. The molecule has 0 aromatic heterocycles. The second kappa shape index (κ2) is 5.85. The first-order chi connectivity index (χ1) is 8.26. The lowest BCUT2D eigenvalue weighted by molar-refractivity contribution is -0.131. The van der Waals surface area contributed by atoms with Crippen LogP contribution in [0.2, 0.25) is 0 Å². The molecule has 1 amide bonds. The number of carbonyl (C=O) groups is 1. The first-order valence-corrected chi connectivity index (χ1v) is 7.25. The van der Waals surface area contributed by atoms with Gasteiger partial charge < -0.3 is 10.6 Å². The van der Waals surface area contributed by atoms with E-state index in [1.165, 1.54) is 32.1 Å². The van der Waals surface area contributed by atoms with Gasteiger partial charge in [-0.2, -0.15) is 0 Å². The van der Waals surface area contributed by atoms with E-state index in [0.717, 1.165) is 18.9 Å². The lowest BCUT2D eigenvalue weighted by Crippen LogP contribution is -2.42. The fourth-order valence-corrected chi connectivity index (χ4v) is 3.61. The van der Waals surface area contributed by atoms with Crippen molar-refractivity contribution >= 4 is 5.91 Å². The predicted molar refractivity (Wildman–Crippen MR) is 69.5 cm³/mol. The molecule has 0 aromatic rings. The van der Waals surface area contributed by atoms with E-state index in [1.54, 1.807) is 0 Å². The number of amides is 1. The summed E-state index contributed by atoms with van der Waals surface area (Å²) in [7, 11) is 0. The van der Waals surface area contributed by atoms with Crippen molar-refractivity contribution in [2.45, 2.75) is 57.9 Å². The molecule has 17 heavy (non-hydrogen) atoms. The topological polar surface area (TPSA) is 46.3 Å². The number of nitrogens with zero attached hydrogens (tertiary/aromatic N) is 1. The van der Waals surface area contributed by atoms with E-state index >= 15 is 0 Å². The lowest BCUT2D eigenvalue weighted by atomic mass is 9.82. The van der Waals surface area contributed by atoms with Crippen molar-refractivity contribution in [2.24, 2.45) is 17.6 Å². The Morgan fingerprint density at radius 3 is 2.59 bits per heavy atom. The Balaban J connectivity index is 1.99. The van der Waals surface area contributed by atoms with Gasteiger partial charge in [0.25, 0.3) is 0 Å². The molecule has 2 unspecified atom stereocenters. The van der Waals surface area contributed by atoms with Gasteiger partial charge in [0.05, 0.1) is 0 Å². The Hall–Kier alpha value is -0.570. The van der Waals surface area contributed by atoms with Crippen LogP contribution in [0.3, 0.4) is 0 Å². The zero-order valence-electron chi connectivity index (χ0n) is 11.0. The van der Waals surface area contributed by atoms with E-state index in [-0.39, 0.29) is 0 Å². The molecule has 2 fully saturated rings. The van der Waals surface area contributed by atoms with Crippen molar-refractivity contribution in [3.8, 4) is 0 Å². The molecular formula is C14H26N2O. The molecule has 2 aliphatic rings. The van der Waals surface area contributed by atoms with Crippen LogP contribution in [0.4, 0.5) is 0 Å². The Labute approximate surface area is 105 Å². The van der Waals surface area contributed by atoms with E-state index in [2.05, 4.69) is 11.8 Å². The van der Waals surface area contributed by atoms with Crippen molar-refractivity contribution < 1.29 is 4.79 Å². The summed E-state index contributed by atoms with van der Waals surface area (Å²) in [5.74, 6) is 1.49. The summed E-state index contributed by atoms with van der Waals surface area (Å²) in [4.78, 5) is 14.2. The molecule has 0 radical (unpaired) electrons. The van der Waals surface area contributed by atoms with Crippen molar-refractivity contribution in [3.63, 3.8) is 0 Å². The highest BCUT2D eigenvalue weighted by molar-refractivity contribution is 5.79. The molecule has 2 N–H and O–H groups in total. The molecule has 1 aliphatic carbocycles. The highest BCUT2D eigenvalue weighted by Gasteiger charge is 2.36. The second-order valence-electron chi connectivity index (χ2n) is 5.73. The molecule has 1 aliphatic heterocycles. The molecule has 0 aromatic carbocycles. The Morgan fingerprint density at radius 1 is 1.35 bits per heavy atom. The quantitative estimate of drug-likeness (QED) is 0.815. The zero-order valence-corrected chi connectivity index (χ0v) is 11.0. The van der Waals surface area contributed by atoms with Crippen LogP contribution in [0.15, 0.2) is 0 Å². The van der Waals surface area contributed by atoms with Crippen LogP contribution in [-0.2, 0) is 4.79 Å². The molecule has 3 nitrogen and oxygen atoms in total. The summed E-state index contributed by atoms with van der Waals surface area (Å²) >= 11 is 0. The van der Waals surface area contributed by atoms with E-state index in [9.17, 15) is 4.79 Å².